The Labute approximate surface area is 129 Å². The van der Waals surface area contributed by atoms with Crippen LogP contribution in [0, 0.1) is 9.52 Å². The number of aromatic nitrogens is 3. The van der Waals surface area contributed by atoms with E-state index in [1.54, 1.807) is 12.1 Å². The first-order valence-electron chi connectivity index (χ1n) is 6.13. The third-order valence-electron chi connectivity index (χ3n) is 2.97. The summed E-state index contributed by atoms with van der Waals surface area (Å²) in [5.41, 5.74) is 2.82. The van der Waals surface area contributed by atoms with E-state index in [1.165, 1.54) is 17.7 Å². The van der Waals surface area contributed by atoms with Gasteiger partial charge in [0, 0.05) is 5.56 Å². The van der Waals surface area contributed by atoms with Crippen LogP contribution in [-0.2, 0) is 6.54 Å². The second kappa shape index (κ2) is 5.70. The molecular formula is C15H11FIN3. The number of hydrogen-bond acceptors (Lipinski definition) is 2. The Kier molecular flexibility index (Phi) is 3.77. The zero-order valence-corrected chi connectivity index (χ0v) is 12.7. The third-order valence-corrected chi connectivity index (χ3v) is 4.04. The predicted molar refractivity (Wildman–Crippen MR) is 83.7 cm³/mol. The molecule has 2 aromatic carbocycles. The highest BCUT2D eigenvalue weighted by Crippen LogP contribution is 2.23. The smallest absolute Gasteiger partial charge is 0.127 e. The minimum Gasteiger partial charge on any atom is -0.234 e. The molecule has 1 aromatic heterocycles. The van der Waals surface area contributed by atoms with Crippen molar-refractivity contribution >= 4 is 22.6 Å². The Balaban J connectivity index is 1.91. The Bertz CT molecular complexity index is 708. The third kappa shape index (κ3) is 2.72. The molecule has 0 N–H and O–H groups in total. The van der Waals surface area contributed by atoms with Crippen molar-refractivity contribution in [1.82, 2.24) is 15.0 Å². The minimum absolute atomic E-state index is 0.250. The second-order valence-corrected chi connectivity index (χ2v) is 5.40. The first kappa shape index (κ1) is 13.2. The van der Waals surface area contributed by atoms with Crippen LogP contribution in [0.5, 0.6) is 0 Å². The zero-order chi connectivity index (χ0) is 13.9. The van der Waals surface area contributed by atoms with Gasteiger partial charge in [0.1, 0.15) is 15.2 Å². The van der Waals surface area contributed by atoms with Crippen LogP contribution in [0.4, 0.5) is 4.39 Å². The Hall–Kier alpha value is -1.76. The summed E-state index contributed by atoms with van der Waals surface area (Å²) in [6.07, 6.45) is 0. The lowest BCUT2D eigenvalue weighted by Gasteiger charge is -2.03. The van der Waals surface area contributed by atoms with E-state index in [9.17, 15) is 4.39 Å². The van der Waals surface area contributed by atoms with Crippen molar-refractivity contribution in [2.75, 3.05) is 0 Å². The quantitative estimate of drug-likeness (QED) is 0.652. The molecule has 0 amide bonds. The molecule has 1 heterocycles. The summed E-state index contributed by atoms with van der Waals surface area (Å²) in [7, 11) is 0. The van der Waals surface area contributed by atoms with Crippen molar-refractivity contribution in [2.45, 2.75) is 6.54 Å². The first-order chi connectivity index (χ1) is 9.74. The zero-order valence-electron chi connectivity index (χ0n) is 10.5. The highest BCUT2D eigenvalue weighted by molar-refractivity contribution is 14.1. The fraction of sp³-hybridized carbons (Fsp3) is 0.0667. The summed E-state index contributed by atoms with van der Waals surface area (Å²) < 4.78 is 15.7. The van der Waals surface area contributed by atoms with Gasteiger partial charge >= 0.3 is 0 Å². The van der Waals surface area contributed by atoms with Gasteiger partial charge in [-0.25, -0.2) is 9.07 Å². The highest BCUT2D eigenvalue weighted by Gasteiger charge is 2.12. The lowest BCUT2D eigenvalue weighted by atomic mass is 10.2. The molecule has 3 nitrogen and oxygen atoms in total. The standard InChI is InChI=1S/C15H11FIN3/c16-13-8-6-12(7-9-13)14-15(17)20(19-18-14)10-11-4-2-1-3-5-11/h1-9H,10H2/i17-2. The largest absolute Gasteiger partial charge is 0.234 e. The molecule has 3 rings (SSSR count). The monoisotopic (exact) mass is 377 g/mol. The van der Waals surface area contributed by atoms with Crippen molar-refractivity contribution in [3.05, 3.63) is 69.7 Å². The molecule has 0 aliphatic rings. The van der Waals surface area contributed by atoms with Gasteiger partial charge in [-0.05, 0) is 52.4 Å². The van der Waals surface area contributed by atoms with E-state index in [-0.39, 0.29) is 5.82 Å². The lowest BCUT2D eigenvalue weighted by molar-refractivity contribution is 0.628. The topological polar surface area (TPSA) is 30.7 Å². The van der Waals surface area contributed by atoms with Crippen molar-refractivity contribution in [2.24, 2.45) is 0 Å². The minimum atomic E-state index is -0.250. The molecule has 0 bridgehead atoms. The fourth-order valence-corrected chi connectivity index (χ4v) is 2.63. The SMILES string of the molecule is Fc1ccc(-c2nnn(Cc3ccccc3)c2[125I])cc1. The molecule has 3 aromatic rings. The van der Waals surface area contributed by atoms with E-state index in [4.69, 9.17) is 0 Å². The van der Waals surface area contributed by atoms with Gasteiger partial charge in [0.25, 0.3) is 0 Å². The molecule has 0 saturated carbocycles. The van der Waals surface area contributed by atoms with Crippen molar-refractivity contribution in [3.63, 3.8) is 0 Å². The predicted octanol–water partition coefficient (Wildman–Crippen LogP) is 3.74. The van der Waals surface area contributed by atoms with Gasteiger partial charge < -0.3 is 0 Å². The van der Waals surface area contributed by atoms with Crippen LogP contribution in [0.1, 0.15) is 5.56 Å². The first-order valence-corrected chi connectivity index (χ1v) is 7.21. The molecule has 0 fully saturated rings. The molecule has 20 heavy (non-hydrogen) atoms. The molecule has 0 atom stereocenters. The Morgan fingerprint density at radius 2 is 1.70 bits per heavy atom. The number of rotatable bonds is 3. The van der Waals surface area contributed by atoms with Crippen LogP contribution in [0.3, 0.4) is 0 Å². The Morgan fingerprint density at radius 3 is 2.40 bits per heavy atom. The normalized spacial score (nSPS) is 10.7. The van der Waals surface area contributed by atoms with Gasteiger partial charge in [0.15, 0.2) is 0 Å². The molecule has 0 aliphatic heterocycles. The summed E-state index contributed by atoms with van der Waals surface area (Å²) in [6.45, 7) is 0.674. The Morgan fingerprint density at radius 1 is 1.00 bits per heavy atom. The van der Waals surface area contributed by atoms with Crippen LogP contribution in [0.15, 0.2) is 54.6 Å². The van der Waals surface area contributed by atoms with Crippen LogP contribution in [0.25, 0.3) is 11.3 Å². The van der Waals surface area contributed by atoms with Crippen LogP contribution in [-0.4, -0.2) is 15.0 Å². The molecular weight excluding hydrogens is 366 g/mol. The average molecular weight is 377 g/mol. The maximum Gasteiger partial charge on any atom is 0.127 e. The van der Waals surface area contributed by atoms with Crippen LogP contribution >= 0.6 is 22.6 Å². The maximum atomic E-state index is 13.0. The summed E-state index contributed by atoms with van der Waals surface area (Å²) >= 11 is 2.22. The van der Waals surface area contributed by atoms with Gasteiger partial charge in [0.2, 0.25) is 0 Å². The number of benzene rings is 2. The summed E-state index contributed by atoms with van der Waals surface area (Å²) in [4.78, 5) is 0. The maximum absolute atomic E-state index is 13.0. The number of halogens is 2. The number of hydrogen-bond donors (Lipinski definition) is 0. The molecule has 0 unspecified atom stereocenters. The summed E-state index contributed by atoms with van der Waals surface area (Å²) in [6, 6.07) is 16.4. The van der Waals surface area contributed by atoms with E-state index in [0.717, 1.165) is 15.0 Å². The van der Waals surface area contributed by atoms with Crippen molar-refractivity contribution in [3.8, 4) is 11.3 Å². The van der Waals surface area contributed by atoms with Gasteiger partial charge in [-0.1, -0.05) is 35.5 Å². The van der Waals surface area contributed by atoms with Gasteiger partial charge in [-0.15, -0.1) is 5.10 Å². The van der Waals surface area contributed by atoms with E-state index in [1.807, 2.05) is 22.9 Å². The van der Waals surface area contributed by atoms with Crippen LogP contribution < -0.4 is 0 Å². The van der Waals surface area contributed by atoms with E-state index in [0.29, 0.717) is 6.54 Å². The molecule has 0 aliphatic carbocycles. The van der Waals surface area contributed by atoms with Crippen LogP contribution in [0.2, 0.25) is 0 Å². The summed E-state index contributed by atoms with van der Waals surface area (Å²) in [5, 5.41) is 8.37. The fourth-order valence-electron chi connectivity index (χ4n) is 1.94. The van der Waals surface area contributed by atoms with Gasteiger partial charge in [-0.2, -0.15) is 0 Å². The molecule has 0 radical (unpaired) electrons. The molecule has 0 saturated heterocycles. The van der Waals surface area contributed by atoms with Gasteiger partial charge in [-0.3, -0.25) is 0 Å². The lowest BCUT2D eigenvalue weighted by Crippen LogP contribution is -2.03. The number of nitrogens with zero attached hydrogens (tertiary/aromatic N) is 3. The molecule has 0 spiro atoms. The van der Waals surface area contributed by atoms with Crippen molar-refractivity contribution in [1.29, 1.82) is 0 Å². The van der Waals surface area contributed by atoms with E-state index in [2.05, 4.69) is 45.0 Å². The van der Waals surface area contributed by atoms with Gasteiger partial charge in [0.05, 0.1) is 6.54 Å². The summed E-state index contributed by atoms with van der Waals surface area (Å²) in [5.74, 6) is -0.250. The van der Waals surface area contributed by atoms with E-state index < -0.39 is 0 Å². The average Bonchev–Trinajstić information content (AvgIpc) is 2.83. The molecule has 5 heteroatoms. The highest BCUT2D eigenvalue weighted by atomic mass is 125. The molecule has 100 valence electrons. The second-order valence-electron chi connectivity index (χ2n) is 4.38. The van der Waals surface area contributed by atoms with Crippen molar-refractivity contribution < 1.29 is 4.39 Å². The van der Waals surface area contributed by atoms with E-state index >= 15 is 0 Å².